The molecule has 0 saturated carbocycles. The molecule has 4 heteroatoms. The fourth-order valence-electron chi connectivity index (χ4n) is 1.86. The molecule has 1 aromatic carbocycles. The zero-order valence-corrected chi connectivity index (χ0v) is 9.38. The van der Waals surface area contributed by atoms with Crippen molar-refractivity contribution in [1.29, 1.82) is 0 Å². The lowest BCUT2D eigenvalue weighted by molar-refractivity contribution is 0.0907. The van der Waals surface area contributed by atoms with Gasteiger partial charge in [0.15, 0.2) is 0 Å². The second-order valence-corrected chi connectivity index (χ2v) is 3.87. The molecule has 0 aliphatic heterocycles. The summed E-state index contributed by atoms with van der Waals surface area (Å²) >= 11 is 0. The van der Waals surface area contributed by atoms with Crippen LogP contribution in [0.2, 0.25) is 0 Å². The molecule has 0 fully saturated rings. The van der Waals surface area contributed by atoms with Crippen molar-refractivity contribution in [3.63, 3.8) is 0 Å². The Hall–Kier alpha value is -1.91. The molecule has 0 amide bonds. The molecule has 1 aromatic heterocycles. The molecule has 0 radical (unpaired) electrons. The Balaban J connectivity index is 2.56. The van der Waals surface area contributed by atoms with Gasteiger partial charge in [-0.25, -0.2) is 4.98 Å². The number of nitrogens with zero attached hydrogens (tertiary/aromatic N) is 1. The number of nitrogens with two attached hydrogens (primary N) is 2. The third kappa shape index (κ3) is 2.00. The largest absolute Gasteiger partial charge is 0.383 e. The van der Waals surface area contributed by atoms with Gasteiger partial charge >= 0.3 is 0 Å². The van der Waals surface area contributed by atoms with Gasteiger partial charge in [-0.1, -0.05) is 36.4 Å². The molecule has 88 valence electrons. The molecule has 2 aromatic rings. The minimum atomic E-state index is -1.29. The van der Waals surface area contributed by atoms with Gasteiger partial charge in [-0.3, -0.25) is 0 Å². The fourth-order valence-corrected chi connectivity index (χ4v) is 1.86. The lowest BCUT2D eigenvalue weighted by atomic mass is 9.87. The molecule has 2 rings (SSSR count). The molecule has 0 saturated heterocycles. The average Bonchev–Trinajstić information content (AvgIpc) is 2.39. The minimum Gasteiger partial charge on any atom is -0.383 e. The lowest BCUT2D eigenvalue weighted by Gasteiger charge is -2.28. The summed E-state index contributed by atoms with van der Waals surface area (Å²) in [6.07, 6.45) is 1.58. The van der Waals surface area contributed by atoms with E-state index in [1.165, 1.54) is 0 Å². The van der Waals surface area contributed by atoms with E-state index in [0.29, 0.717) is 16.9 Å². The van der Waals surface area contributed by atoms with Crippen LogP contribution in [0.25, 0.3) is 0 Å². The predicted octanol–water partition coefficient (Wildman–Crippen LogP) is 0.858. The molecule has 0 bridgehead atoms. The van der Waals surface area contributed by atoms with Crippen LogP contribution in [0.1, 0.15) is 11.1 Å². The van der Waals surface area contributed by atoms with Crippen LogP contribution < -0.4 is 11.5 Å². The van der Waals surface area contributed by atoms with Gasteiger partial charge in [0.1, 0.15) is 11.4 Å². The van der Waals surface area contributed by atoms with Gasteiger partial charge in [0, 0.05) is 18.3 Å². The number of nitrogen functional groups attached to an aromatic ring is 1. The Morgan fingerprint density at radius 2 is 1.82 bits per heavy atom. The summed E-state index contributed by atoms with van der Waals surface area (Å²) in [5.41, 5.74) is 11.5. The average molecular weight is 229 g/mol. The van der Waals surface area contributed by atoms with E-state index in [4.69, 9.17) is 11.5 Å². The third-order valence-electron chi connectivity index (χ3n) is 2.83. The summed E-state index contributed by atoms with van der Waals surface area (Å²) in [4.78, 5) is 3.98. The number of aliphatic hydroxyl groups is 1. The van der Waals surface area contributed by atoms with E-state index in [-0.39, 0.29) is 6.54 Å². The zero-order valence-electron chi connectivity index (χ0n) is 9.38. The van der Waals surface area contributed by atoms with Gasteiger partial charge in [0.05, 0.1) is 0 Å². The van der Waals surface area contributed by atoms with Crippen molar-refractivity contribution in [3.8, 4) is 0 Å². The van der Waals surface area contributed by atoms with Gasteiger partial charge < -0.3 is 16.6 Å². The molecule has 17 heavy (non-hydrogen) atoms. The maximum absolute atomic E-state index is 10.7. The lowest BCUT2D eigenvalue weighted by Crippen LogP contribution is -2.37. The van der Waals surface area contributed by atoms with E-state index in [0.717, 1.165) is 0 Å². The van der Waals surface area contributed by atoms with Crippen molar-refractivity contribution in [1.82, 2.24) is 4.98 Å². The molecule has 1 heterocycles. The highest BCUT2D eigenvalue weighted by Gasteiger charge is 2.32. The summed E-state index contributed by atoms with van der Waals surface area (Å²) in [5, 5.41) is 10.7. The van der Waals surface area contributed by atoms with Gasteiger partial charge in [0.2, 0.25) is 0 Å². The Kier molecular flexibility index (Phi) is 3.08. The van der Waals surface area contributed by atoms with Gasteiger partial charge in [-0.2, -0.15) is 0 Å². The van der Waals surface area contributed by atoms with Crippen molar-refractivity contribution >= 4 is 5.82 Å². The van der Waals surface area contributed by atoms with Gasteiger partial charge in [-0.05, 0) is 11.6 Å². The summed E-state index contributed by atoms with van der Waals surface area (Å²) in [6.45, 7) is 0.0485. The molecule has 5 N–H and O–H groups in total. The maximum atomic E-state index is 10.7. The van der Waals surface area contributed by atoms with Crippen LogP contribution in [-0.2, 0) is 5.60 Å². The summed E-state index contributed by atoms with van der Waals surface area (Å²) < 4.78 is 0. The summed E-state index contributed by atoms with van der Waals surface area (Å²) in [6, 6.07) is 12.7. The van der Waals surface area contributed by atoms with Crippen LogP contribution in [0.3, 0.4) is 0 Å². The second kappa shape index (κ2) is 4.53. The van der Waals surface area contributed by atoms with Crippen LogP contribution in [0.15, 0.2) is 48.7 Å². The van der Waals surface area contributed by atoms with Crippen molar-refractivity contribution in [2.75, 3.05) is 12.3 Å². The zero-order chi connectivity index (χ0) is 12.3. The molecular weight excluding hydrogens is 214 g/mol. The van der Waals surface area contributed by atoms with Crippen LogP contribution >= 0.6 is 0 Å². The van der Waals surface area contributed by atoms with Gasteiger partial charge in [0.25, 0.3) is 0 Å². The molecular formula is C13H15N3O. The molecule has 4 nitrogen and oxygen atoms in total. The highest BCUT2D eigenvalue weighted by atomic mass is 16.3. The quantitative estimate of drug-likeness (QED) is 0.728. The molecule has 0 aliphatic rings. The third-order valence-corrected chi connectivity index (χ3v) is 2.83. The topological polar surface area (TPSA) is 85.2 Å². The first kappa shape index (κ1) is 11.6. The smallest absolute Gasteiger partial charge is 0.130 e. The van der Waals surface area contributed by atoms with E-state index in [2.05, 4.69) is 4.98 Å². The molecule has 1 unspecified atom stereocenters. The Morgan fingerprint density at radius 1 is 1.12 bits per heavy atom. The van der Waals surface area contributed by atoms with E-state index in [9.17, 15) is 5.11 Å². The molecule has 1 atom stereocenters. The van der Waals surface area contributed by atoms with E-state index in [1.54, 1.807) is 18.3 Å². The first-order chi connectivity index (χ1) is 8.18. The molecule has 0 spiro atoms. The highest BCUT2D eigenvalue weighted by molar-refractivity contribution is 5.48. The first-order valence-electron chi connectivity index (χ1n) is 5.37. The number of rotatable bonds is 3. The Bertz CT molecular complexity index is 501. The van der Waals surface area contributed by atoms with Crippen molar-refractivity contribution < 1.29 is 5.11 Å². The maximum Gasteiger partial charge on any atom is 0.130 e. The SMILES string of the molecule is NCC(O)(c1ccccc1)c1cccnc1N. The molecule has 0 aliphatic carbocycles. The number of anilines is 1. The van der Waals surface area contributed by atoms with Crippen LogP contribution in [0, 0.1) is 0 Å². The summed E-state index contributed by atoms with van der Waals surface area (Å²) in [7, 11) is 0. The normalized spacial score (nSPS) is 14.2. The van der Waals surface area contributed by atoms with Crippen molar-refractivity contribution in [2.45, 2.75) is 5.60 Å². The van der Waals surface area contributed by atoms with Crippen molar-refractivity contribution in [2.24, 2.45) is 5.73 Å². The fraction of sp³-hybridized carbons (Fsp3) is 0.154. The first-order valence-corrected chi connectivity index (χ1v) is 5.37. The Labute approximate surface area is 99.9 Å². The number of aromatic nitrogens is 1. The summed E-state index contributed by atoms with van der Waals surface area (Å²) in [5.74, 6) is 0.296. The van der Waals surface area contributed by atoms with Crippen molar-refractivity contribution in [3.05, 3.63) is 59.8 Å². The number of benzene rings is 1. The van der Waals surface area contributed by atoms with Gasteiger partial charge in [-0.15, -0.1) is 0 Å². The highest BCUT2D eigenvalue weighted by Crippen LogP contribution is 2.31. The standard InChI is InChI=1S/C13H15N3O/c14-9-13(17,10-5-2-1-3-6-10)11-7-4-8-16-12(11)15/h1-8,17H,9,14H2,(H2,15,16). The number of hydrogen-bond donors (Lipinski definition) is 3. The van der Waals surface area contributed by atoms with Crippen LogP contribution in [0.4, 0.5) is 5.82 Å². The monoisotopic (exact) mass is 229 g/mol. The minimum absolute atomic E-state index is 0.0485. The predicted molar refractivity (Wildman–Crippen MR) is 67.1 cm³/mol. The number of pyridine rings is 1. The van der Waals surface area contributed by atoms with Crippen LogP contribution in [0.5, 0.6) is 0 Å². The van der Waals surface area contributed by atoms with E-state index < -0.39 is 5.60 Å². The number of hydrogen-bond acceptors (Lipinski definition) is 4. The Morgan fingerprint density at radius 3 is 2.41 bits per heavy atom. The van der Waals surface area contributed by atoms with E-state index >= 15 is 0 Å². The second-order valence-electron chi connectivity index (χ2n) is 3.87. The van der Waals surface area contributed by atoms with E-state index in [1.807, 2.05) is 30.3 Å². The van der Waals surface area contributed by atoms with Crippen LogP contribution in [-0.4, -0.2) is 16.6 Å².